The highest BCUT2D eigenvalue weighted by Crippen LogP contribution is 2.20. The van der Waals surface area contributed by atoms with E-state index in [1.807, 2.05) is 30.5 Å². The highest BCUT2D eigenvalue weighted by atomic mass is 32.1. The van der Waals surface area contributed by atoms with Crippen LogP contribution >= 0.6 is 11.3 Å². The smallest absolute Gasteiger partial charge is 0.328 e. The number of ether oxygens (including phenoxy) is 1. The summed E-state index contributed by atoms with van der Waals surface area (Å²) in [5, 5.41) is 8.34. The number of methoxy groups -OCH3 is 1. The predicted molar refractivity (Wildman–Crippen MR) is 118 cm³/mol. The van der Waals surface area contributed by atoms with E-state index in [1.54, 1.807) is 11.4 Å². The third-order valence-corrected chi connectivity index (χ3v) is 5.59. The van der Waals surface area contributed by atoms with E-state index in [1.165, 1.54) is 30.8 Å². The van der Waals surface area contributed by atoms with Crippen molar-refractivity contribution in [1.29, 1.82) is 0 Å². The minimum atomic E-state index is -0.844. The number of aromatic nitrogens is 2. The van der Waals surface area contributed by atoms with Gasteiger partial charge in [0.15, 0.2) is 10.9 Å². The molecule has 0 aliphatic heterocycles. The van der Waals surface area contributed by atoms with E-state index in [4.69, 9.17) is 9.15 Å². The highest BCUT2D eigenvalue weighted by molar-refractivity contribution is 7.14. The summed E-state index contributed by atoms with van der Waals surface area (Å²) in [6.45, 7) is 0. The largest absolute Gasteiger partial charge is 0.467 e. The van der Waals surface area contributed by atoms with Crippen LogP contribution in [0.4, 0.5) is 5.13 Å². The number of thiazole rings is 1. The molecule has 0 saturated carbocycles. The van der Waals surface area contributed by atoms with Gasteiger partial charge in [0.25, 0.3) is 5.91 Å². The average Bonchev–Trinajstić information content (AvgIpc) is 3.54. The molecule has 9 nitrogen and oxygen atoms in total. The molecule has 3 N–H and O–H groups in total. The number of hydrogen-bond acceptors (Lipinski definition) is 7. The van der Waals surface area contributed by atoms with Gasteiger partial charge in [-0.15, -0.1) is 11.3 Å². The fourth-order valence-electron chi connectivity index (χ4n) is 3.28. The molecular weight excluding hydrogens is 432 g/mol. The zero-order chi connectivity index (χ0) is 22.5. The number of rotatable bonds is 8. The monoisotopic (exact) mass is 452 g/mol. The molecule has 0 saturated heterocycles. The summed E-state index contributed by atoms with van der Waals surface area (Å²) in [6, 6.07) is 10.0. The Bertz CT molecular complexity index is 1240. The number of nitrogens with zero attached hydrogens (tertiary/aromatic N) is 1. The Labute approximate surface area is 186 Å². The van der Waals surface area contributed by atoms with Gasteiger partial charge in [-0.1, -0.05) is 18.2 Å². The van der Waals surface area contributed by atoms with Crippen molar-refractivity contribution in [3.05, 3.63) is 71.3 Å². The van der Waals surface area contributed by atoms with Crippen molar-refractivity contribution < 1.29 is 23.5 Å². The first-order valence-corrected chi connectivity index (χ1v) is 10.6. The Kier molecular flexibility index (Phi) is 6.31. The molecule has 0 bridgehead atoms. The number of anilines is 1. The number of fused-ring (bicyclic) bond motifs is 1. The summed E-state index contributed by atoms with van der Waals surface area (Å²) in [5.41, 5.74) is 2.31. The Hall–Kier alpha value is -3.92. The first-order valence-electron chi connectivity index (χ1n) is 9.75. The highest BCUT2D eigenvalue weighted by Gasteiger charge is 2.24. The molecule has 32 heavy (non-hydrogen) atoms. The fraction of sp³-hybridized carbons (Fsp3) is 0.182. The van der Waals surface area contributed by atoms with E-state index in [0.29, 0.717) is 10.8 Å². The van der Waals surface area contributed by atoms with Gasteiger partial charge in [-0.05, 0) is 23.8 Å². The second kappa shape index (κ2) is 9.48. The van der Waals surface area contributed by atoms with Crippen molar-refractivity contribution in [2.75, 3.05) is 12.4 Å². The zero-order valence-corrected chi connectivity index (χ0v) is 17.9. The number of furan rings is 1. The molecule has 3 aromatic heterocycles. The molecule has 2 amide bonds. The summed E-state index contributed by atoms with van der Waals surface area (Å²) >= 11 is 1.19. The summed E-state index contributed by atoms with van der Waals surface area (Å²) < 4.78 is 9.91. The van der Waals surface area contributed by atoms with Crippen molar-refractivity contribution in [1.82, 2.24) is 15.3 Å². The van der Waals surface area contributed by atoms with Crippen molar-refractivity contribution in [3.63, 3.8) is 0 Å². The van der Waals surface area contributed by atoms with Crippen LogP contribution < -0.4 is 10.6 Å². The number of amides is 2. The molecule has 3 heterocycles. The summed E-state index contributed by atoms with van der Waals surface area (Å²) in [4.78, 5) is 44.3. The number of carbonyl (C=O) groups excluding carboxylic acids is 3. The normalized spacial score (nSPS) is 11.8. The third kappa shape index (κ3) is 4.86. The molecule has 0 aliphatic carbocycles. The first-order chi connectivity index (χ1) is 15.5. The standard InChI is InChI=1S/C22H20N4O5S/c1-30-21(29)17(9-13-11-23-16-6-3-2-5-15(13)16)25-19(27)10-14-12-32-22(24-14)26-20(28)18-7-4-8-31-18/h2-8,11-12,17,23H,9-10H2,1H3,(H,25,27)(H,24,26,28). The van der Waals surface area contributed by atoms with Crippen LogP contribution in [-0.2, 0) is 27.2 Å². The van der Waals surface area contributed by atoms with Gasteiger partial charge in [-0.2, -0.15) is 0 Å². The number of nitrogens with one attached hydrogen (secondary N) is 3. The lowest BCUT2D eigenvalue weighted by molar-refractivity contribution is -0.145. The molecule has 164 valence electrons. The maximum absolute atomic E-state index is 12.6. The minimum Gasteiger partial charge on any atom is -0.467 e. The number of esters is 1. The fourth-order valence-corrected chi connectivity index (χ4v) is 3.98. The molecule has 0 aliphatic rings. The van der Waals surface area contributed by atoms with Gasteiger partial charge in [0, 0.05) is 28.9 Å². The maximum Gasteiger partial charge on any atom is 0.328 e. The first kappa shape index (κ1) is 21.3. The number of benzene rings is 1. The Morgan fingerprint density at radius 2 is 2.06 bits per heavy atom. The lowest BCUT2D eigenvalue weighted by atomic mass is 10.0. The molecule has 0 fully saturated rings. The number of carbonyl (C=O) groups is 3. The Morgan fingerprint density at radius 1 is 1.22 bits per heavy atom. The summed E-state index contributed by atoms with van der Waals surface area (Å²) in [6.07, 6.45) is 3.46. The Morgan fingerprint density at radius 3 is 2.84 bits per heavy atom. The molecular formula is C22H20N4O5S. The van der Waals surface area contributed by atoms with Crippen LogP contribution in [0.5, 0.6) is 0 Å². The van der Waals surface area contributed by atoms with Gasteiger partial charge in [-0.25, -0.2) is 9.78 Å². The van der Waals surface area contributed by atoms with Gasteiger partial charge in [0.05, 0.1) is 25.5 Å². The third-order valence-electron chi connectivity index (χ3n) is 4.78. The maximum atomic E-state index is 12.6. The average molecular weight is 452 g/mol. The predicted octanol–water partition coefficient (Wildman–Crippen LogP) is 2.91. The number of hydrogen-bond donors (Lipinski definition) is 3. The van der Waals surface area contributed by atoms with Crippen molar-refractivity contribution in [2.45, 2.75) is 18.9 Å². The van der Waals surface area contributed by atoms with E-state index in [2.05, 4.69) is 20.6 Å². The second-order valence-corrected chi connectivity index (χ2v) is 7.82. The van der Waals surface area contributed by atoms with Crippen LogP contribution in [-0.4, -0.2) is 40.9 Å². The molecule has 0 spiro atoms. The second-order valence-electron chi connectivity index (χ2n) is 6.96. The minimum absolute atomic E-state index is 0.0471. The van der Waals surface area contributed by atoms with E-state index in [9.17, 15) is 14.4 Å². The molecule has 1 aromatic carbocycles. The Balaban J connectivity index is 1.39. The molecule has 0 radical (unpaired) electrons. The van der Waals surface area contributed by atoms with E-state index < -0.39 is 17.9 Å². The van der Waals surface area contributed by atoms with Crippen molar-refractivity contribution in [3.8, 4) is 0 Å². The quantitative estimate of drug-likeness (QED) is 0.353. The number of para-hydroxylation sites is 1. The van der Waals surface area contributed by atoms with Gasteiger partial charge in [0.2, 0.25) is 5.91 Å². The summed E-state index contributed by atoms with van der Waals surface area (Å²) in [7, 11) is 1.28. The number of aromatic amines is 1. The number of H-pyrrole nitrogens is 1. The lowest BCUT2D eigenvalue weighted by Gasteiger charge is -2.16. The SMILES string of the molecule is COC(=O)C(Cc1c[nH]c2ccccc12)NC(=O)Cc1csc(NC(=O)c2ccco2)n1. The topological polar surface area (TPSA) is 126 Å². The van der Waals surface area contributed by atoms with E-state index >= 15 is 0 Å². The van der Waals surface area contributed by atoms with Crippen LogP contribution in [0.15, 0.2) is 58.7 Å². The van der Waals surface area contributed by atoms with E-state index in [0.717, 1.165) is 16.5 Å². The van der Waals surface area contributed by atoms with Gasteiger partial charge < -0.3 is 19.5 Å². The molecule has 4 aromatic rings. The molecule has 4 rings (SSSR count). The van der Waals surface area contributed by atoms with Crippen LogP contribution in [0.2, 0.25) is 0 Å². The van der Waals surface area contributed by atoms with Crippen LogP contribution in [0.3, 0.4) is 0 Å². The van der Waals surface area contributed by atoms with Gasteiger partial charge in [0.1, 0.15) is 6.04 Å². The van der Waals surface area contributed by atoms with Crippen molar-refractivity contribution >= 4 is 45.2 Å². The zero-order valence-electron chi connectivity index (χ0n) is 17.1. The van der Waals surface area contributed by atoms with Crippen LogP contribution in [0.1, 0.15) is 21.8 Å². The van der Waals surface area contributed by atoms with Gasteiger partial charge in [-0.3, -0.25) is 14.9 Å². The lowest BCUT2D eigenvalue weighted by Crippen LogP contribution is -2.43. The van der Waals surface area contributed by atoms with Gasteiger partial charge >= 0.3 is 5.97 Å². The van der Waals surface area contributed by atoms with Crippen LogP contribution in [0.25, 0.3) is 10.9 Å². The molecule has 10 heteroatoms. The van der Waals surface area contributed by atoms with Crippen molar-refractivity contribution in [2.24, 2.45) is 0 Å². The van der Waals surface area contributed by atoms with Crippen LogP contribution in [0, 0.1) is 0 Å². The summed E-state index contributed by atoms with van der Waals surface area (Å²) in [5.74, 6) is -1.18. The molecule has 1 unspecified atom stereocenters. The molecule has 1 atom stereocenters. The van der Waals surface area contributed by atoms with E-state index in [-0.39, 0.29) is 24.5 Å².